The van der Waals surface area contributed by atoms with Crippen LogP contribution in [0.2, 0.25) is 10.0 Å². The summed E-state index contributed by atoms with van der Waals surface area (Å²) >= 11 is 12.0. The summed E-state index contributed by atoms with van der Waals surface area (Å²) in [7, 11) is -7.16. The fourth-order valence-corrected chi connectivity index (χ4v) is 5.20. The van der Waals surface area contributed by atoms with Crippen molar-refractivity contribution in [1.29, 1.82) is 0 Å². The molecule has 2 aromatic rings. The van der Waals surface area contributed by atoms with Gasteiger partial charge in [0.1, 0.15) is 6.04 Å². The van der Waals surface area contributed by atoms with Crippen molar-refractivity contribution in [3.05, 3.63) is 58.1 Å². The molecule has 2 rings (SSSR count). The predicted octanol–water partition coefficient (Wildman–Crippen LogP) is 3.43. The second kappa shape index (κ2) is 9.13. The summed E-state index contributed by atoms with van der Waals surface area (Å²) in [4.78, 5) is 13.0. The molecule has 1 N–H and O–H groups in total. The zero-order valence-corrected chi connectivity index (χ0v) is 19.9. The third-order valence-electron chi connectivity index (χ3n) is 4.36. The molecular formula is C19H22Cl2N2O5S2. The standard InChI is InChI=1S/C19H22Cl2N2O5S2/c1-12(14-5-7-18(8-6-14)29(3,25)26)22-19(24)13(2)23(30(4,27)28)17-10-15(20)9-16(21)11-17/h5-13H,1-4H3,(H,22,24)/t12-,13+/m1/s1. The van der Waals surface area contributed by atoms with E-state index in [0.29, 0.717) is 5.56 Å². The number of halogens is 2. The molecule has 0 radical (unpaired) electrons. The number of benzene rings is 2. The molecule has 7 nitrogen and oxygen atoms in total. The monoisotopic (exact) mass is 492 g/mol. The Hall–Kier alpha value is -1.81. The van der Waals surface area contributed by atoms with E-state index in [9.17, 15) is 21.6 Å². The fourth-order valence-electron chi connectivity index (χ4n) is 2.90. The molecule has 0 bridgehead atoms. The van der Waals surface area contributed by atoms with E-state index >= 15 is 0 Å². The van der Waals surface area contributed by atoms with Crippen LogP contribution < -0.4 is 9.62 Å². The van der Waals surface area contributed by atoms with Crippen LogP contribution in [0.25, 0.3) is 0 Å². The van der Waals surface area contributed by atoms with Crippen molar-refractivity contribution >= 4 is 54.7 Å². The minimum absolute atomic E-state index is 0.166. The van der Waals surface area contributed by atoms with Crippen molar-refractivity contribution in [1.82, 2.24) is 5.32 Å². The Morgan fingerprint density at radius 1 is 0.933 bits per heavy atom. The first-order valence-electron chi connectivity index (χ1n) is 8.76. The molecule has 2 aromatic carbocycles. The van der Waals surface area contributed by atoms with E-state index in [4.69, 9.17) is 23.2 Å². The van der Waals surface area contributed by atoms with Crippen molar-refractivity contribution in [3.63, 3.8) is 0 Å². The second-order valence-electron chi connectivity index (χ2n) is 6.93. The van der Waals surface area contributed by atoms with Crippen LogP contribution in [-0.4, -0.2) is 41.3 Å². The van der Waals surface area contributed by atoms with Gasteiger partial charge in [-0.1, -0.05) is 35.3 Å². The van der Waals surface area contributed by atoms with E-state index in [1.165, 1.54) is 37.3 Å². The third-order valence-corrected chi connectivity index (χ3v) is 7.16. The van der Waals surface area contributed by atoms with Crippen LogP contribution in [-0.2, 0) is 24.7 Å². The van der Waals surface area contributed by atoms with Crippen LogP contribution in [0.5, 0.6) is 0 Å². The largest absolute Gasteiger partial charge is 0.348 e. The SMILES string of the molecule is C[C@@H](NC(=O)[C@H](C)N(c1cc(Cl)cc(Cl)c1)S(C)(=O)=O)c1ccc(S(C)(=O)=O)cc1. The maximum atomic E-state index is 12.8. The number of sulfonamides is 1. The molecule has 1 amide bonds. The maximum Gasteiger partial charge on any atom is 0.244 e. The van der Waals surface area contributed by atoms with E-state index in [-0.39, 0.29) is 20.6 Å². The molecule has 11 heteroatoms. The first-order chi connectivity index (χ1) is 13.7. The lowest BCUT2D eigenvalue weighted by Gasteiger charge is -2.29. The molecular weight excluding hydrogens is 471 g/mol. The molecule has 0 aliphatic carbocycles. The molecule has 0 aliphatic heterocycles. The molecule has 30 heavy (non-hydrogen) atoms. The van der Waals surface area contributed by atoms with Gasteiger partial charge in [0.05, 0.1) is 22.9 Å². The van der Waals surface area contributed by atoms with Crippen molar-refractivity contribution < 1.29 is 21.6 Å². The highest BCUT2D eigenvalue weighted by Crippen LogP contribution is 2.29. The van der Waals surface area contributed by atoms with Gasteiger partial charge in [-0.3, -0.25) is 9.10 Å². The Morgan fingerprint density at radius 2 is 1.43 bits per heavy atom. The summed E-state index contributed by atoms with van der Waals surface area (Å²) in [6.07, 6.45) is 2.09. The van der Waals surface area contributed by atoms with Gasteiger partial charge in [-0.05, 0) is 49.7 Å². The van der Waals surface area contributed by atoms with Gasteiger partial charge in [0.2, 0.25) is 15.9 Å². The Kier molecular flexibility index (Phi) is 7.45. The van der Waals surface area contributed by atoms with Gasteiger partial charge in [0.25, 0.3) is 0 Å². The lowest BCUT2D eigenvalue weighted by atomic mass is 10.1. The highest BCUT2D eigenvalue weighted by atomic mass is 35.5. The number of amides is 1. The van der Waals surface area contributed by atoms with Gasteiger partial charge >= 0.3 is 0 Å². The van der Waals surface area contributed by atoms with Gasteiger partial charge in [0.15, 0.2) is 9.84 Å². The van der Waals surface area contributed by atoms with Crippen molar-refractivity contribution in [2.75, 3.05) is 16.8 Å². The van der Waals surface area contributed by atoms with E-state index in [1.807, 2.05) is 0 Å². The zero-order valence-electron chi connectivity index (χ0n) is 16.8. The number of hydrogen-bond acceptors (Lipinski definition) is 5. The fraction of sp³-hybridized carbons (Fsp3) is 0.316. The summed E-state index contributed by atoms with van der Waals surface area (Å²) < 4.78 is 48.9. The van der Waals surface area contributed by atoms with E-state index in [1.54, 1.807) is 19.1 Å². The maximum absolute atomic E-state index is 12.8. The second-order valence-corrected chi connectivity index (χ2v) is 11.7. The quantitative estimate of drug-likeness (QED) is 0.637. The molecule has 0 aromatic heterocycles. The number of anilines is 1. The van der Waals surface area contributed by atoms with Crippen molar-refractivity contribution in [2.45, 2.75) is 30.8 Å². The number of carbonyl (C=O) groups excluding carboxylic acids is 1. The lowest BCUT2D eigenvalue weighted by molar-refractivity contribution is -0.122. The zero-order chi connectivity index (χ0) is 22.9. The molecule has 164 valence electrons. The molecule has 0 saturated carbocycles. The summed E-state index contributed by atoms with van der Waals surface area (Å²) in [5.74, 6) is -0.545. The molecule has 0 heterocycles. The summed E-state index contributed by atoms with van der Waals surface area (Å²) in [5, 5.41) is 3.21. The normalized spacial score (nSPS) is 14.1. The van der Waals surface area contributed by atoms with E-state index < -0.39 is 37.9 Å². The van der Waals surface area contributed by atoms with Crippen LogP contribution in [0.3, 0.4) is 0 Å². The van der Waals surface area contributed by atoms with Gasteiger partial charge in [-0.25, -0.2) is 16.8 Å². The third kappa shape index (κ3) is 6.10. The Bertz CT molecular complexity index is 1130. The highest BCUT2D eigenvalue weighted by molar-refractivity contribution is 7.92. The number of nitrogens with zero attached hydrogens (tertiary/aromatic N) is 1. The average molecular weight is 493 g/mol. The highest BCUT2D eigenvalue weighted by Gasteiger charge is 2.30. The van der Waals surface area contributed by atoms with Gasteiger partial charge < -0.3 is 5.32 Å². The van der Waals surface area contributed by atoms with Gasteiger partial charge in [-0.2, -0.15) is 0 Å². The summed E-state index contributed by atoms with van der Waals surface area (Å²) in [6, 6.07) is 8.79. The predicted molar refractivity (Wildman–Crippen MR) is 119 cm³/mol. The number of rotatable bonds is 7. The van der Waals surface area contributed by atoms with E-state index in [2.05, 4.69) is 5.32 Å². The first kappa shape index (κ1) is 24.5. The Labute approximate surface area is 187 Å². The first-order valence-corrected chi connectivity index (χ1v) is 13.3. The minimum Gasteiger partial charge on any atom is -0.348 e. The number of nitrogens with one attached hydrogen (secondary N) is 1. The lowest BCUT2D eigenvalue weighted by Crippen LogP contribution is -2.48. The molecule has 0 unspecified atom stereocenters. The van der Waals surface area contributed by atoms with E-state index in [0.717, 1.165) is 16.8 Å². The molecule has 0 aliphatic rings. The van der Waals surface area contributed by atoms with Crippen molar-refractivity contribution in [3.8, 4) is 0 Å². The molecule has 0 saturated heterocycles. The van der Waals surface area contributed by atoms with Crippen LogP contribution in [0.1, 0.15) is 25.5 Å². The minimum atomic E-state index is -3.83. The topological polar surface area (TPSA) is 101 Å². The summed E-state index contributed by atoms with van der Waals surface area (Å²) in [6.45, 7) is 3.16. The number of sulfone groups is 1. The number of carbonyl (C=O) groups is 1. The van der Waals surface area contributed by atoms with Crippen LogP contribution >= 0.6 is 23.2 Å². The molecule has 0 fully saturated rings. The Balaban J connectivity index is 2.27. The molecule has 0 spiro atoms. The smallest absolute Gasteiger partial charge is 0.244 e. The van der Waals surface area contributed by atoms with Crippen LogP contribution in [0.4, 0.5) is 5.69 Å². The summed E-state index contributed by atoms with van der Waals surface area (Å²) in [5.41, 5.74) is 0.836. The Morgan fingerprint density at radius 3 is 1.87 bits per heavy atom. The average Bonchev–Trinajstić information content (AvgIpc) is 2.59. The van der Waals surface area contributed by atoms with Crippen molar-refractivity contribution in [2.24, 2.45) is 0 Å². The molecule has 2 atom stereocenters. The van der Waals surface area contributed by atoms with Gasteiger partial charge in [-0.15, -0.1) is 0 Å². The number of hydrogen-bond donors (Lipinski definition) is 1. The van der Waals surface area contributed by atoms with Gasteiger partial charge in [0, 0.05) is 16.3 Å². The van der Waals surface area contributed by atoms with Crippen LogP contribution in [0.15, 0.2) is 47.4 Å². The van der Waals surface area contributed by atoms with Crippen LogP contribution in [0, 0.1) is 0 Å².